The number of carbonyl (C=O) groups excluding carboxylic acids is 5. The SMILES string of the molecule is C=C1C=C[C@@]2(C)C(=C1)[C@@H](F)C[C@H]1[C@@H]3C[C@H]4O[C@@H](c5ccc(Cc6cccc(NC(=O)[C@H](C)NC(=O)[C@H](C)NC(=O)CCN7C(=O)C=CC7=O)c6)cc5)O[C@@]4(C(=O)O)[C@@]3(C)C[C@H](O)[C@@]12F. The van der Waals surface area contributed by atoms with Crippen LogP contribution in [-0.2, 0) is 44.7 Å². The second kappa shape index (κ2) is 16.3. The van der Waals surface area contributed by atoms with Gasteiger partial charge in [-0.25, -0.2) is 13.6 Å². The molecule has 4 aliphatic carbocycles. The number of ether oxygens (including phenoxy) is 2. The first-order valence-corrected chi connectivity index (χ1v) is 21.5. The van der Waals surface area contributed by atoms with E-state index in [1.165, 1.54) is 13.8 Å². The molecule has 12 atom stereocenters. The summed E-state index contributed by atoms with van der Waals surface area (Å²) in [6.07, 6.45) is 1.78. The number of aliphatic carboxylic acids is 1. The van der Waals surface area contributed by atoms with Crippen LogP contribution in [0.15, 0.2) is 96.6 Å². The molecule has 2 aromatic carbocycles. The molecule has 64 heavy (non-hydrogen) atoms. The van der Waals surface area contributed by atoms with Crippen LogP contribution in [0.5, 0.6) is 0 Å². The van der Waals surface area contributed by atoms with Gasteiger partial charge in [-0.2, -0.15) is 0 Å². The van der Waals surface area contributed by atoms with E-state index in [1.54, 1.807) is 62.4 Å². The number of rotatable bonds is 12. The number of anilines is 1. The topological polar surface area (TPSA) is 201 Å². The van der Waals surface area contributed by atoms with E-state index in [0.717, 1.165) is 28.2 Å². The third-order valence-corrected chi connectivity index (χ3v) is 14.6. The number of amides is 5. The lowest BCUT2D eigenvalue weighted by Crippen LogP contribution is -2.70. The number of imide groups is 1. The Morgan fingerprint density at radius 1 is 0.938 bits per heavy atom. The number of allylic oxidation sites excluding steroid dienone is 5. The fourth-order valence-electron chi connectivity index (χ4n) is 11.2. The van der Waals surface area contributed by atoms with Gasteiger partial charge in [-0.3, -0.25) is 28.9 Å². The average Bonchev–Trinajstić information content (AvgIpc) is 3.87. The summed E-state index contributed by atoms with van der Waals surface area (Å²) in [5, 5.41) is 30.5. The van der Waals surface area contributed by atoms with E-state index >= 15 is 8.78 Å². The number of aliphatic hydroxyl groups is 1. The van der Waals surface area contributed by atoms with Crippen molar-refractivity contribution >= 4 is 41.2 Å². The van der Waals surface area contributed by atoms with E-state index in [1.807, 2.05) is 18.2 Å². The number of benzene rings is 2. The van der Waals surface area contributed by atoms with Gasteiger partial charge >= 0.3 is 5.97 Å². The molecule has 5 N–H and O–H groups in total. The molecule has 0 radical (unpaired) electrons. The minimum atomic E-state index is -2.26. The van der Waals surface area contributed by atoms with Crippen molar-refractivity contribution in [3.05, 3.63) is 113 Å². The van der Waals surface area contributed by atoms with Crippen LogP contribution in [-0.4, -0.2) is 98.9 Å². The molecule has 6 aliphatic rings. The second-order valence-electron chi connectivity index (χ2n) is 18.4. The van der Waals surface area contributed by atoms with E-state index in [2.05, 4.69) is 22.5 Å². The summed E-state index contributed by atoms with van der Waals surface area (Å²) < 4.78 is 46.6. The van der Waals surface area contributed by atoms with Gasteiger partial charge in [-0.1, -0.05) is 68.1 Å². The Morgan fingerprint density at radius 3 is 2.31 bits per heavy atom. The van der Waals surface area contributed by atoms with Gasteiger partial charge in [-0.05, 0) is 86.8 Å². The first-order chi connectivity index (χ1) is 30.2. The zero-order valence-electron chi connectivity index (χ0n) is 35.9. The summed E-state index contributed by atoms with van der Waals surface area (Å²) >= 11 is 0. The highest BCUT2D eigenvalue weighted by atomic mass is 19.1. The van der Waals surface area contributed by atoms with Crippen LogP contribution in [0.3, 0.4) is 0 Å². The molecular weight excluding hydrogens is 831 g/mol. The Hall–Kier alpha value is -5.84. The smallest absolute Gasteiger partial charge is 0.339 e. The predicted molar refractivity (Wildman–Crippen MR) is 227 cm³/mol. The van der Waals surface area contributed by atoms with Crippen LogP contribution in [0.2, 0.25) is 0 Å². The molecule has 0 aromatic heterocycles. The third-order valence-electron chi connectivity index (χ3n) is 14.6. The van der Waals surface area contributed by atoms with Gasteiger partial charge in [-0.15, -0.1) is 0 Å². The number of carbonyl (C=O) groups is 6. The Kier molecular flexibility index (Phi) is 11.4. The second-order valence-corrected chi connectivity index (χ2v) is 18.4. The molecule has 3 saturated carbocycles. The van der Waals surface area contributed by atoms with Crippen molar-refractivity contribution in [3.63, 3.8) is 0 Å². The van der Waals surface area contributed by atoms with Gasteiger partial charge in [0.1, 0.15) is 24.4 Å². The number of carboxylic acids is 1. The van der Waals surface area contributed by atoms with Gasteiger partial charge in [0.15, 0.2) is 17.6 Å². The van der Waals surface area contributed by atoms with Crippen molar-refractivity contribution in [1.29, 1.82) is 0 Å². The van der Waals surface area contributed by atoms with Crippen molar-refractivity contribution in [1.82, 2.24) is 15.5 Å². The lowest BCUT2D eigenvalue weighted by Gasteiger charge is -2.63. The zero-order valence-corrected chi connectivity index (χ0v) is 35.9. The number of nitrogens with zero attached hydrogens (tertiary/aromatic N) is 1. The zero-order chi connectivity index (χ0) is 46.1. The molecule has 16 heteroatoms. The monoisotopic (exact) mass is 882 g/mol. The highest BCUT2D eigenvalue weighted by Crippen LogP contribution is 2.72. The standard InChI is InChI=1S/C48H52F2N4O10/c1-25-15-17-45(4)34(19-25)35(49)22-33-32-23-37-48(44(61)62,46(32,5)24-36(55)47(33,45)50)64-43(63-37)30-11-9-28(10-12-30)20-29-7-6-8-31(21-29)53-42(60)27(3)52-41(59)26(2)51-38(56)16-18-54-39(57)13-14-40(54)58/h6-15,17,19,21,26-27,32-33,35-37,43,55H,1,16,18,20,22-24H2,2-5H3,(H,51,56)(H,52,59)(H,53,60)(H,61,62)/t26-,27-,32-,33-,35-,36-,37+,43+,45-,46-,47-,48-/m0/s1. The first-order valence-electron chi connectivity index (χ1n) is 21.5. The Balaban J connectivity index is 0.876. The summed E-state index contributed by atoms with van der Waals surface area (Å²) in [6.45, 7) is 10.0. The quantitative estimate of drug-likeness (QED) is 0.186. The van der Waals surface area contributed by atoms with Crippen molar-refractivity contribution in [2.24, 2.45) is 22.7 Å². The van der Waals surface area contributed by atoms with E-state index in [0.29, 0.717) is 23.2 Å². The lowest BCUT2D eigenvalue weighted by atomic mass is 9.44. The number of hydrogen-bond donors (Lipinski definition) is 5. The van der Waals surface area contributed by atoms with Crippen LogP contribution in [0.25, 0.3) is 0 Å². The molecule has 0 unspecified atom stereocenters. The number of halogens is 2. The van der Waals surface area contributed by atoms with Crippen molar-refractivity contribution in [2.45, 2.75) is 108 Å². The molecule has 2 heterocycles. The van der Waals surface area contributed by atoms with E-state index in [4.69, 9.17) is 9.47 Å². The van der Waals surface area contributed by atoms with Gasteiger partial charge in [0.25, 0.3) is 11.8 Å². The van der Waals surface area contributed by atoms with E-state index in [9.17, 15) is 39.0 Å². The normalized spacial score (nSPS) is 34.5. The summed E-state index contributed by atoms with van der Waals surface area (Å²) in [5.74, 6) is -5.64. The molecule has 1 saturated heterocycles. The number of hydrogen-bond acceptors (Lipinski definition) is 9. The number of carboxylic acid groups (broad SMARTS) is 1. The Morgan fingerprint density at radius 2 is 1.62 bits per heavy atom. The Labute approximate surface area is 368 Å². The van der Waals surface area contributed by atoms with Crippen LogP contribution in [0.1, 0.15) is 76.4 Å². The summed E-state index contributed by atoms with van der Waals surface area (Å²) in [4.78, 5) is 75.9. The molecule has 0 spiro atoms. The molecule has 0 bridgehead atoms. The highest BCUT2D eigenvalue weighted by molar-refractivity contribution is 6.13. The molecule has 4 fully saturated rings. The van der Waals surface area contributed by atoms with Crippen LogP contribution in [0.4, 0.5) is 14.5 Å². The maximum atomic E-state index is 17.7. The van der Waals surface area contributed by atoms with Gasteiger partial charge < -0.3 is 35.6 Å². The number of fused-ring (bicyclic) bond motifs is 7. The highest BCUT2D eigenvalue weighted by Gasteiger charge is 2.80. The number of nitrogens with one attached hydrogen (secondary N) is 3. The summed E-state index contributed by atoms with van der Waals surface area (Å²) in [6, 6.07) is 12.4. The molecule has 2 aliphatic heterocycles. The molecule has 8 rings (SSSR count). The molecule has 5 amide bonds. The van der Waals surface area contributed by atoms with Crippen molar-refractivity contribution in [2.75, 3.05) is 11.9 Å². The average molecular weight is 883 g/mol. The fraction of sp³-hybridized carbons (Fsp3) is 0.458. The fourth-order valence-corrected chi connectivity index (χ4v) is 11.2. The van der Waals surface area contributed by atoms with Crippen LogP contribution < -0.4 is 16.0 Å². The summed E-state index contributed by atoms with van der Waals surface area (Å²) in [5.41, 5.74) is -3.39. The van der Waals surface area contributed by atoms with E-state index in [-0.39, 0.29) is 37.8 Å². The maximum absolute atomic E-state index is 17.7. The molecular formula is C48H52F2N4O10. The first kappa shape index (κ1) is 44.8. The predicted octanol–water partition coefficient (Wildman–Crippen LogP) is 4.69. The molecule has 2 aromatic rings. The van der Waals surface area contributed by atoms with Gasteiger partial charge in [0.2, 0.25) is 17.7 Å². The lowest BCUT2D eigenvalue weighted by molar-refractivity contribution is -0.240. The summed E-state index contributed by atoms with van der Waals surface area (Å²) in [7, 11) is 0. The molecule has 14 nitrogen and oxygen atoms in total. The maximum Gasteiger partial charge on any atom is 0.339 e. The van der Waals surface area contributed by atoms with Gasteiger partial charge in [0.05, 0.1) is 6.10 Å². The van der Waals surface area contributed by atoms with Crippen molar-refractivity contribution < 1.29 is 57.2 Å². The third kappa shape index (κ3) is 7.19. The Bertz CT molecular complexity index is 2400. The number of aliphatic hydroxyl groups excluding tert-OH is 1. The minimum absolute atomic E-state index is 0.112. The number of alkyl halides is 2. The van der Waals surface area contributed by atoms with Gasteiger partial charge in [0, 0.05) is 53.1 Å². The van der Waals surface area contributed by atoms with Crippen LogP contribution >= 0.6 is 0 Å². The largest absolute Gasteiger partial charge is 0.479 e. The van der Waals surface area contributed by atoms with Crippen molar-refractivity contribution in [3.8, 4) is 0 Å². The van der Waals surface area contributed by atoms with E-state index < -0.39 is 106 Å². The minimum Gasteiger partial charge on any atom is -0.479 e. The molecule has 338 valence electrons. The van der Waals surface area contributed by atoms with Crippen LogP contribution in [0, 0.1) is 22.7 Å².